The molecule has 2 aliphatic carbocycles. The van der Waals surface area contributed by atoms with Crippen LogP contribution in [0.5, 0.6) is 0 Å². The second-order valence-corrected chi connectivity index (χ2v) is 10.7. The summed E-state index contributed by atoms with van der Waals surface area (Å²) < 4.78 is 51.9. The number of hydrogen-bond donors (Lipinski definition) is 0. The summed E-state index contributed by atoms with van der Waals surface area (Å²) in [6.07, 6.45) is 11.9. The zero-order chi connectivity index (χ0) is 22.4. The molecule has 2 saturated carbocycles. The van der Waals surface area contributed by atoms with Gasteiger partial charge in [0.05, 0.1) is 5.56 Å². The third-order valence-corrected chi connectivity index (χ3v) is 8.02. The molecule has 0 N–H and O–H groups in total. The Bertz CT molecular complexity index is 662. The van der Waals surface area contributed by atoms with Crippen molar-refractivity contribution in [1.82, 2.24) is 0 Å². The van der Waals surface area contributed by atoms with Crippen molar-refractivity contribution in [3.63, 3.8) is 0 Å². The van der Waals surface area contributed by atoms with Crippen molar-refractivity contribution < 1.29 is 17.6 Å². The fourth-order valence-electron chi connectivity index (χ4n) is 6.03. The van der Waals surface area contributed by atoms with Crippen LogP contribution in [0.3, 0.4) is 0 Å². The summed E-state index contributed by atoms with van der Waals surface area (Å²) in [5.41, 5.74) is -0.477. The number of alkyl halides is 3. The molecule has 1 aromatic carbocycles. The predicted molar refractivity (Wildman–Crippen MR) is 119 cm³/mol. The van der Waals surface area contributed by atoms with Gasteiger partial charge >= 0.3 is 6.18 Å². The van der Waals surface area contributed by atoms with Gasteiger partial charge < -0.3 is 0 Å². The lowest BCUT2D eigenvalue weighted by Gasteiger charge is -2.38. The van der Waals surface area contributed by atoms with Crippen LogP contribution in [0.15, 0.2) is 18.2 Å². The number of hydrogen-bond acceptors (Lipinski definition) is 0. The average Bonchev–Trinajstić information content (AvgIpc) is 2.72. The molecule has 2 aliphatic rings. The van der Waals surface area contributed by atoms with E-state index in [-0.39, 0.29) is 0 Å². The normalized spacial score (nSPS) is 27.6. The first-order valence-electron chi connectivity index (χ1n) is 12.6. The molecular weight excluding hydrogens is 400 g/mol. The highest BCUT2D eigenvalue weighted by molar-refractivity contribution is 5.26. The summed E-state index contributed by atoms with van der Waals surface area (Å²) in [6.45, 7) is 4.63. The van der Waals surface area contributed by atoms with Crippen molar-refractivity contribution in [2.75, 3.05) is 0 Å². The lowest BCUT2D eigenvalue weighted by atomic mass is 9.68. The molecule has 0 spiro atoms. The summed E-state index contributed by atoms with van der Waals surface area (Å²) in [5.74, 6) is 3.05. The topological polar surface area (TPSA) is 0 Å². The molecular formula is C27H40F4. The van der Waals surface area contributed by atoms with Crippen LogP contribution in [-0.4, -0.2) is 0 Å². The number of rotatable bonds is 8. The molecule has 0 unspecified atom stereocenters. The molecule has 2 fully saturated rings. The van der Waals surface area contributed by atoms with Crippen molar-refractivity contribution in [3.8, 4) is 0 Å². The molecule has 3 rings (SSSR count). The van der Waals surface area contributed by atoms with E-state index in [2.05, 4.69) is 13.8 Å². The van der Waals surface area contributed by atoms with E-state index >= 15 is 0 Å². The van der Waals surface area contributed by atoms with Gasteiger partial charge in [0.2, 0.25) is 0 Å². The fraction of sp³-hybridized carbons (Fsp3) is 0.778. The van der Waals surface area contributed by atoms with Gasteiger partial charge in [-0.1, -0.05) is 64.9 Å². The van der Waals surface area contributed by atoms with Crippen molar-refractivity contribution in [3.05, 3.63) is 35.1 Å². The van der Waals surface area contributed by atoms with E-state index in [0.29, 0.717) is 17.9 Å². The fourth-order valence-corrected chi connectivity index (χ4v) is 6.03. The minimum atomic E-state index is -4.62. The minimum absolute atomic E-state index is 0.633. The summed E-state index contributed by atoms with van der Waals surface area (Å²) in [6, 6.07) is 3.41. The highest BCUT2D eigenvalue weighted by Gasteiger charge is 2.34. The third-order valence-electron chi connectivity index (χ3n) is 8.02. The van der Waals surface area contributed by atoms with E-state index in [1.807, 2.05) is 0 Å². The van der Waals surface area contributed by atoms with Gasteiger partial charge in [0.1, 0.15) is 5.82 Å². The Labute approximate surface area is 186 Å². The molecule has 0 bridgehead atoms. The minimum Gasteiger partial charge on any atom is -0.206 e. The Kier molecular flexibility index (Phi) is 8.87. The summed E-state index contributed by atoms with van der Waals surface area (Å²) in [7, 11) is 0. The molecule has 0 amide bonds. The van der Waals surface area contributed by atoms with E-state index < -0.39 is 17.6 Å². The zero-order valence-electron chi connectivity index (χ0n) is 19.3. The highest BCUT2D eigenvalue weighted by Crippen LogP contribution is 2.43. The summed E-state index contributed by atoms with van der Waals surface area (Å²) in [5, 5.41) is 0. The van der Waals surface area contributed by atoms with Gasteiger partial charge in [0, 0.05) is 0 Å². The van der Waals surface area contributed by atoms with E-state index in [1.165, 1.54) is 76.7 Å². The zero-order valence-corrected chi connectivity index (χ0v) is 19.3. The SMILES string of the molecule is CC(C)CCCC1CCC(C2CCC(CCc3ccc(C(F)(F)F)c(F)c3)CC2)CC1. The molecule has 31 heavy (non-hydrogen) atoms. The molecule has 0 atom stereocenters. The van der Waals surface area contributed by atoms with Crippen LogP contribution in [0.25, 0.3) is 0 Å². The van der Waals surface area contributed by atoms with Crippen LogP contribution >= 0.6 is 0 Å². The van der Waals surface area contributed by atoms with Crippen LogP contribution in [0.4, 0.5) is 17.6 Å². The highest BCUT2D eigenvalue weighted by atomic mass is 19.4. The molecule has 4 heteroatoms. The average molecular weight is 441 g/mol. The third kappa shape index (κ3) is 7.49. The second-order valence-electron chi connectivity index (χ2n) is 10.7. The maximum absolute atomic E-state index is 13.8. The lowest BCUT2D eigenvalue weighted by molar-refractivity contribution is -0.140. The van der Waals surface area contributed by atoms with Crippen LogP contribution in [0.2, 0.25) is 0 Å². The van der Waals surface area contributed by atoms with Gasteiger partial charge in [-0.05, 0) is 85.8 Å². The summed E-state index contributed by atoms with van der Waals surface area (Å²) >= 11 is 0. The van der Waals surface area contributed by atoms with Crippen LogP contribution in [-0.2, 0) is 12.6 Å². The number of benzene rings is 1. The maximum atomic E-state index is 13.8. The Morgan fingerprint density at radius 3 is 1.87 bits per heavy atom. The lowest BCUT2D eigenvalue weighted by Crippen LogP contribution is -2.26. The van der Waals surface area contributed by atoms with E-state index in [0.717, 1.165) is 42.2 Å². The van der Waals surface area contributed by atoms with Crippen molar-refractivity contribution in [2.24, 2.45) is 29.6 Å². The Morgan fingerprint density at radius 1 is 0.839 bits per heavy atom. The van der Waals surface area contributed by atoms with Gasteiger partial charge in [-0.25, -0.2) is 4.39 Å². The van der Waals surface area contributed by atoms with Crippen LogP contribution in [0, 0.1) is 35.4 Å². The van der Waals surface area contributed by atoms with Gasteiger partial charge in [-0.2, -0.15) is 13.2 Å². The first-order valence-corrected chi connectivity index (χ1v) is 12.6. The molecule has 0 heterocycles. The molecule has 0 radical (unpaired) electrons. The van der Waals surface area contributed by atoms with Crippen molar-refractivity contribution in [2.45, 2.75) is 103 Å². The Balaban J connectivity index is 1.35. The Morgan fingerprint density at radius 2 is 1.39 bits per heavy atom. The smallest absolute Gasteiger partial charge is 0.206 e. The molecule has 176 valence electrons. The predicted octanol–water partition coefficient (Wildman–Crippen LogP) is 9.22. The monoisotopic (exact) mass is 440 g/mol. The van der Waals surface area contributed by atoms with Crippen molar-refractivity contribution in [1.29, 1.82) is 0 Å². The molecule has 0 saturated heterocycles. The van der Waals surface area contributed by atoms with E-state index in [4.69, 9.17) is 0 Å². The van der Waals surface area contributed by atoms with Gasteiger partial charge in [-0.15, -0.1) is 0 Å². The first kappa shape index (κ1) is 24.6. The van der Waals surface area contributed by atoms with Gasteiger partial charge in [0.25, 0.3) is 0 Å². The Hall–Kier alpha value is -1.06. The van der Waals surface area contributed by atoms with Gasteiger partial charge in [-0.3, -0.25) is 0 Å². The van der Waals surface area contributed by atoms with Crippen LogP contribution < -0.4 is 0 Å². The standard InChI is InChI=1S/C27H40F4/c1-19(2)4-3-5-20-8-13-23(14-9-20)24-15-10-21(11-16-24)6-7-22-12-17-25(26(28)18-22)27(29,30)31/h12,17-21,23-24H,3-11,13-16H2,1-2H3. The first-order chi connectivity index (χ1) is 14.7. The van der Waals surface area contributed by atoms with Crippen LogP contribution in [0.1, 0.15) is 102 Å². The number of aryl methyl sites for hydroxylation is 1. The molecule has 0 nitrogen and oxygen atoms in total. The largest absolute Gasteiger partial charge is 0.419 e. The molecule has 0 aromatic heterocycles. The number of halogens is 4. The quantitative estimate of drug-likeness (QED) is 0.353. The van der Waals surface area contributed by atoms with Gasteiger partial charge in [0.15, 0.2) is 0 Å². The molecule has 0 aliphatic heterocycles. The second kappa shape index (κ2) is 11.2. The molecule has 1 aromatic rings. The maximum Gasteiger partial charge on any atom is 0.419 e. The van der Waals surface area contributed by atoms with Crippen molar-refractivity contribution >= 4 is 0 Å². The van der Waals surface area contributed by atoms with E-state index in [1.54, 1.807) is 0 Å². The van der Waals surface area contributed by atoms with E-state index in [9.17, 15) is 17.6 Å². The summed E-state index contributed by atoms with van der Waals surface area (Å²) in [4.78, 5) is 0.